The second kappa shape index (κ2) is 2.42. The zero-order valence-corrected chi connectivity index (χ0v) is 7.23. The van der Waals surface area contributed by atoms with Crippen molar-refractivity contribution in [3.8, 4) is 0 Å². The summed E-state index contributed by atoms with van der Waals surface area (Å²) in [6.45, 7) is 3.66. The van der Waals surface area contributed by atoms with Crippen LogP contribution >= 0.6 is 0 Å². The van der Waals surface area contributed by atoms with Crippen LogP contribution in [0.5, 0.6) is 0 Å². The van der Waals surface area contributed by atoms with Gasteiger partial charge in [-0.2, -0.15) is 0 Å². The zero-order valence-electron chi connectivity index (χ0n) is 8.23. The predicted octanol–water partition coefficient (Wildman–Crippen LogP) is 0.313. The number of ether oxygens (including phenoxy) is 1. The third-order valence-electron chi connectivity index (χ3n) is 2.68. The van der Waals surface area contributed by atoms with E-state index in [2.05, 4.69) is 14.9 Å². The van der Waals surface area contributed by atoms with E-state index < -0.39 is 0 Å². The largest absolute Gasteiger partial charge is 0.380 e. The predicted molar refractivity (Wildman–Crippen MR) is 47.5 cm³/mol. The molecule has 0 unspecified atom stereocenters. The lowest BCUT2D eigenvalue weighted by Gasteiger charge is -2.55. The van der Waals surface area contributed by atoms with Crippen LogP contribution in [0.25, 0.3) is 0 Å². The summed E-state index contributed by atoms with van der Waals surface area (Å²) < 4.78 is 12.8. The van der Waals surface area contributed by atoms with Gasteiger partial charge in [0.15, 0.2) is 0 Å². The van der Waals surface area contributed by atoms with Gasteiger partial charge in [0.25, 0.3) is 0 Å². The number of anilines is 1. The minimum Gasteiger partial charge on any atom is -0.380 e. The Morgan fingerprint density at radius 2 is 2.38 bits per heavy atom. The topological polar surface area (TPSA) is 38.2 Å². The number of hydrogen-bond donors (Lipinski definition) is 0. The van der Waals surface area contributed by atoms with E-state index in [-0.39, 0.29) is 0 Å². The van der Waals surface area contributed by atoms with Crippen molar-refractivity contribution in [2.75, 3.05) is 31.2 Å². The highest BCUT2D eigenvalue weighted by Gasteiger charge is 2.49. The molecule has 0 radical (unpaired) electrons. The zero-order chi connectivity index (χ0) is 9.60. The Labute approximate surface area is 78.0 Å². The summed E-state index contributed by atoms with van der Waals surface area (Å²) in [4.78, 5) is 10.0. The molecule has 1 aromatic rings. The molecule has 0 atom stereocenters. The van der Waals surface area contributed by atoms with Crippen molar-refractivity contribution in [2.45, 2.75) is 0 Å². The standard InChI is InChI=1S/C9H11N3O/c1-2-10-7-11-8(1)12-3-9(4-12)5-13-6-9/h1-2,7H,3-6H2/i1D. The summed E-state index contributed by atoms with van der Waals surface area (Å²) in [5.74, 6) is 0.748. The number of nitrogens with zero attached hydrogens (tertiary/aromatic N) is 3. The molecule has 2 saturated heterocycles. The van der Waals surface area contributed by atoms with E-state index in [0.717, 1.165) is 32.1 Å². The van der Waals surface area contributed by atoms with Crippen LogP contribution in [0.2, 0.25) is 0 Å². The first-order valence-electron chi connectivity index (χ1n) is 4.88. The van der Waals surface area contributed by atoms with E-state index in [1.807, 2.05) is 0 Å². The van der Waals surface area contributed by atoms with Crippen LogP contribution < -0.4 is 4.90 Å². The third kappa shape index (κ3) is 1.02. The second-order valence-electron chi connectivity index (χ2n) is 3.84. The lowest BCUT2D eigenvalue weighted by Crippen LogP contribution is -2.66. The summed E-state index contributed by atoms with van der Waals surface area (Å²) in [6.07, 6.45) is 3.03. The van der Waals surface area contributed by atoms with Crippen LogP contribution in [0, 0.1) is 5.41 Å². The fourth-order valence-corrected chi connectivity index (χ4v) is 1.91. The van der Waals surface area contributed by atoms with Crippen molar-refractivity contribution < 1.29 is 6.11 Å². The van der Waals surface area contributed by atoms with E-state index in [4.69, 9.17) is 6.11 Å². The van der Waals surface area contributed by atoms with Gasteiger partial charge < -0.3 is 9.64 Å². The maximum atomic E-state index is 7.64. The van der Waals surface area contributed by atoms with Gasteiger partial charge in [-0.05, 0) is 6.04 Å². The molecular weight excluding hydrogens is 166 g/mol. The molecule has 2 aliphatic heterocycles. The highest BCUT2D eigenvalue weighted by Crippen LogP contribution is 2.39. The van der Waals surface area contributed by atoms with E-state index in [1.165, 1.54) is 12.5 Å². The molecular formula is C9H11N3O. The highest BCUT2D eigenvalue weighted by molar-refractivity contribution is 5.42. The maximum absolute atomic E-state index is 7.64. The van der Waals surface area contributed by atoms with Crippen LogP contribution in [-0.4, -0.2) is 36.3 Å². The average molecular weight is 178 g/mol. The Morgan fingerprint density at radius 1 is 1.54 bits per heavy atom. The molecule has 0 aliphatic carbocycles. The van der Waals surface area contributed by atoms with Crippen LogP contribution in [0.1, 0.15) is 1.37 Å². The van der Waals surface area contributed by atoms with Crippen LogP contribution in [-0.2, 0) is 4.74 Å². The molecule has 1 spiro atoms. The lowest BCUT2D eigenvalue weighted by molar-refractivity contribution is -0.127. The lowest BCUT2D eigenvalue weighted by atomic mass is 9.78. The highest BCUT2D eigenvalue weighted by atomic mass is 16.5. The van der Waals surface area contributed by atoms with Gasteiger partial charge in [-0.25, -0.2) is 9.97 Å². The van der Waals surface area contributed by atoms with Gasteiger partial charge in [0.1, 0.15) is 12.1 Å². The monoisotopic (exact) mass is 178 g/mol. The van der Waals surface area contributed by atoms with Gasteiger partial charge in [-0.1, -0.05) is 0 Å². The van der Waals surface area contributed by atoms with Gasteiger partial charge in [0.05, 0.1) is 20.0 Å². The van der Waals surface area contributed by atoms with Gasteiger partial charge in [0.2, 0.25) is 0 Å². The summed E-state index contributed by atoms with van der Waals surface area (Å²) in [5, 5.41) is 0. The summed E-state index contributed by atoms with van der Waals surface area (Å²) in [5.41, 5.74) is 0.372. The number of rotatable bonds is 1. The van der Waals surface area contributed by atoms with Crippen molar-refractivity contribution in [3.63, 3.8) is 0 Å². The van der Waals surface area contributed by atoms with Crippen molar-refractivity contribution in [3.05, 3.63) is 18.6 Å². The molecule has 3 rings (SSSR count). The summed E-state index contributed by atoms with van der Waals surface area (Å²) in [7, 11) is 0. The van der Waals surface area contributed by atoms with E-state index in [1.54, 1.807) is 0 Å². The third-order valence-corrected chi connectivity index (χ3v) is 2.68. The van der Waals surface area contributed by atoms with Crippen LogP contribution in [0.4, 0.5) is 5.82 Å². The molecule has 0 N–H and O–H groups in total. The minimum absolute atomic E-state index is 0.372. The minimum atomic E-state index is 0.372. The van der Waals surface area contributed by atoms with E-state index in [0.29, 0.717) is 11.5 Å². The Balaban J connectivity index is 1.76. The van der Waals surface area contributed by atoms with Gasteiger partial charge >= 0.3 is 0 Å². The number of hydrogen-bond acceptors (Lipinski definition) is 4. The van der Waals surface area contributed by atoms with Gasteiger partial charge in [0, 0.05) is 19.3 Å². The second-order valence-corrected chi connectivity index (χ2v) is 3.84. The van der Waals surface area contributed by atoms with Crippen molar-refractivity contribution in [1.29, 1.82) is 0 Å². The van der Waals surface area contributed by atoms with Crippen molar-refractivity contribution in [2.24, 2.45) is 5.41 Å². The first-order valence-corrected chi connectivity index (χ1v) is 4.38. The smallest absolute Gasteiger partial charge is 0.131 e. The van der Waals surface area contributed by atoms with E-state index in [9.17, 15) is 0 Å². The molecule has 4 nitrogen and oxygen atoms in total. The van der Waals surface area contributed by atoms with Crippen LogP contribution in [0.15, 0.2) is 18.6 Å². The maximum Gasteiger partial charge on any atom is 0.131 e. The number of aromatic nitrogens is 2. The molecule has 68 valence electrons. The average Bonchev–Trinajstić information content (AvgIpc) is 2.03. The summed E-state index contributed by atoms with van der Waals surface area (Å²) in [6, 6.07) is 0.405. The van der Waals surface area contributed by atoms with Gasteiger partial charge in [-0.3, -0.25) is 0 Å². The van der Waals surface area contributed by atoms with E-state index >= 15 is 0 Å². The molecule has 1 aromatic heterocycles. The molecule has 13 heavy (non-hydrogen) atoms. The molecule has 2 aliphatic rings. The molecule has 0 saturated carbocycles. The fourth-order valence-electron chi connectivity index (χ4n) is 1.91. The molecule has 0 amide bonds. The normalized spacial score (nSPS) is 24.9. The molecule has 2 fully saturated rings. The van der Waals surface area contributed by atoms with Crippen molar-refractivity contribution >= 4 is 5.82 Å². The molecule has 4 heteroatoms. The first kappa shape index (κ1) is 6.32. The summed E-state index contributed by atoms with van der Waals surface area (Å²) >= 11 is 0. The van der Waals surface area contributed by atoms with Crippen molar-refractivity contribution in [1.82, 2.24) is 9.97 Å². The van der Waals surface area contributed by atoms with Gasteiger partial charge in [-0.15, -0.1) is 0 Å². The molecule has 0 aromatic carbocycles. The Hall–Kier alpha value is -1.16. The Morgan fingerprint density at radius 3 is 3.00 bits per heavy atom. The Bertz CT molecular complexity index is 359. The quantitative estimate of drug-likeness (QED) is 0.620. The first-order chi connectivity index (χ1) is 6.79. The SMILES string of the molecule is [2H]c1cncnc1N1CC2(COC2)C1. The molecule has 0 bridgehead atoms. The fraction of sp³-hybridized carbons (Fsp3) is 0.556. The molecule has 3 heterocycles. The van der Waals surface area contributed by atoms with Crippen LogP contribution in [0.3, 0.4) is 0 Å². The Kier molecular flexibility index (Phi) is 1.17.